The largest absolute Gasteiger partial charge is 0.416 e. The van der Waals surface area contributed by atoms with E-state index in [2.05, 4.69) is 4.98 Å². The normalized spacial score (nSPS) is 9.89. The fraction of sp³-hybridized carbons (Fsp3) is 0. The van der Waals surface area contributed by atoms with Gasteiger partial charge in [0.05, 0.1) is 10.5 Å². The monoisotopic (exact) mass is 260 g/mol. The van der Waals surface area contributed by atoms with Gasteiger partial charge in [0, 0.05) is 18.3 Å². The van der Waals surface area contributed by atoms with E-state index in [1.54, 1.807) is 0 Å². The van der Waals surface area contributed by atoms with Gasteiger partial charge in [0.15, 0.2) is 0 Å². The van der Waals surface area contributed by atoms with Crippen LogP contribution in [0.4, 0.5) is 5.69 Å². The van der Waals surface area contributed by atoms with Crippen molar-refractivity contribution in [3.63, 3.8) is 0 Å². The van der Waals surface area contributed by atoms with Gasteiger partial charge in [0.2, 0.25) is 11.3 Å². The molecule has 0 aliphatic carbocycles. The van der Waals surface area contributed by atoms with Crippen LogP contribution in [0, 0.1) is 10.1 Å². The number of esters is 1. The number of hydrogen-bond acceptors (Lipinski definition) is 5. The van der Waals surface area contributed by atoms with Crippen LogP contribution in [-0.4, -0.2) is 15.9 Å². The summed E-state index contributed by atoms with van der Waals surface area (Å²) in [6, 6.07) is 7.97. The van der Waals surface area contributed by atoms with E-state index in [-0.39, 0.29) is 22.6 Å². The lowest BCUT2D eigenvalue weighted by atomic mass is 10.3. The predicted molar refractivity (Wildman–Crippen MR) is 65.1 cm³/mol. The minimum Gasteiger partial charge on any atom is -0.416 e. The first-order chi connectivity index (χ1) is 9.08. The highest BCUT2D eigenvalue weighted by Crippen LogP contribution is 2.26. The van der Waals surface area contributed by atoms with Crippen molar-refractivity contribution in [1.82, 2.24) is 4.98 Å². The fourth-order valence-electron chi connectivity index (χ4n) is 1.39. The van der Waals surface area contributed by atoms with Gasteiger partial charge in [-0.2, -0.15) is 0 Å². The van der Waals surface area contributed by atoms with Crippen molar-refractivity contribution in [2.24, 2.45) is 0 Å². The number of benzene rings is 1. The van der Waals surface area contributed by atoms with Gasteiger partial charge in [-0.3, -0.25) is 14.9 Å². The third-order valence-corrected chi connectivity index (χ3v) is 2.28. The standard InChI is InChI=1S/C12H8N2O5/c15-11-6-5-8(7-13-11)12(16)19-10-4-2-1-3-9(10)14(17)18/h1-7H,(H,13,15). The molecule has 0 saturated heterocycles. The van der Waals surface area contributed by atoms with Gasteiger partial charge < -0.3 is 9.72 Å². The number of nitrogens with one attached hydrogen (secondary N) is 1. The van der Waals surface area contributed by atoms with E-state index >= 15 is 0 Å². The number of aromatic amines is 1. The fourth-order valence-corrected chi connectivity index (χ4v) is 1.39. The van der Waals surface area contributed by atoms with Crippen molar-refractivity contribution in [3.8, 4) is 5.75 Å². The Hall–Kier alpha value is -2.96. The van der Waals surface area contributed by atoms with Gasteiger partial charge >= 0.3 is 11.7 Å². The molecule has 0 saturated carbocycles. The number of aromatic nitrogens is 1. The van der Waals surface area contributed by atoms with E-state index in [1.807, 2.05) is 0 Å². The molecule has 7 heteroatoms. The molecule has 0 atom stereocenters. The molecule has 2 rings (SSSR count). The number of rotatable bonds is 3. The highest BCUT2D eigenvalue weighted by atomic mass is 16.6. The van der Waals surface area contributed by atoms with Crippen LogP contribution in [0.2, 0.25) is 0 Å². The first-order valence-corrected chi connectivity index (χ1v) is 5.22. The molecular weight excluding hydrogens is 252 g/mol. The Kier molecular flexibility index (Phi) is 3.37. The van der Waals surface area contributed by atoms with Crippen LogP contribution in [0.25, 0.3) is 0 Å². The maximum atomic E-state index is 11.7. The molecule has 19 heavy (non-hydrogen) atoms. The Morgan fingerprint density at radius 3 is 2.58 bits per heavy atom. The van der Waals surface area contributed by atoms with E-state index in [1.165, 1.54) is 36.5 Å². The first kappa shape index (κ1) is 12.5. The van der Waals surface area contributed by atoms with Gasteiger partial charge in [-0.05, 0) is 12.1 Å². The van der Waals surface area contributed by atoms with Crippen LogP contribution in [0.1, 0.15) is 10.4 Å². The van der Waals surface area contributed by atoms with Gasteiger partial charge in [-0.1, -0.05) is 12.1 Å². The topological polar surface area (TPSA) is 102 Å². The van der Waals surface area contributed by atoms with Gasteiger partial charge in [0.25, 0.3) is 0 Å². The minimum atomic E-state index is -0.787. The zero-order chi connectivity index (χ0) is 13.8. The van der Waals surface area contributed by atoms with Crippen molar-refractivity contribution in [1.29, 1.82) is 0 Å². The molecule has 1 heterocycles. The lowest BCUT2D eigenvalue weighted by Crippen LogP contribution is -2.12. The Labute approximate surface area is 106 Å². The number of ether oxygens (including phenoxy) is 1. The number of hydrogen-bond donors (Lipinski definition) is 1. The lowest BCUT2D eigenvalue weighted by Gasteiger charge is -2.04. The molecule has 0 unspecified atom stereocenters. The summed E-state index contributed by atoms with van der Waals surface area (Å²) in [5.41, 5.74) is -0.569. The molecule has 1 aromatic carbocycles. The number of pyridine rings is 1. The molecule has 1 N–H and O–H groups in total. The Morgan fingerprint density at radius 2 is 1.95 bits per heavy atom. The molecule has 1 aromatic heterocycles. The summed E-state index contributed by atoms with van der Waals surface area (Å²) in [4.78, 5) is 35.0. The zero-order valence-corrected chi connectivity index (χ0v) is 9.53. The predicted octanol–water partition coefficient (Wildman–Crippen LogP) is 1.50. The van der Waals surface area contributed by atoms with Crippen LogP contribution in [0.5, 0.6) is 5.75 Å². The summed E-state index contributed by atoms with van der Waals surface area (Å²) < 4.78 is 4.93. The van der Waals surface area contributed by atoms with E-state index in [9.17, 15) is 19.7 Å². The van der Waals surface area contributed by atoms with E-state index in [0.717, 1.165) is 6.07 Å². The molecule has 0 radical (unpaired) electrons. The summed E-state index contributed by atoms with van der Waals surface area (Å²) in [5, 5.41) is 10.8. The number of nitro benzene ring substituents is 1. The third-order valence-electron chi connectivity index (χ3n) is 2.28. The number of H-pyrrole nitrogens is 1. The van der Waals surface area contributed by atoms with E-state index in [0.29, 0.717) is 0 Å². The van der Waals surface area contributed by atoms with Crippen molar-refractivity contribution >= 4 is 11.7 Å². The molecule has 0 aliphatic rings. The smallest absolute Gasteiger partial charge is 0.345 e. The second kappa shape index (κ2) is 5.13. The van der Waals surface area contributed by atoms with E-state index in [4.69, 9.17) is 4.74 Å². The maximum Gasteiger partial charge on any atom is 0.345 e. The number of para-hydroxylation sites is 2. The second-order valence-electron chi connectivity index (χ2n) is 3.56. The van der Waals surface area contributed by atoms with Crippen molar-refractivity contribution in [3.05, 3.63) is 68.6 Å². The summed E-state index contributed by atoms with van der Waals surface area (Å²) in [7, 11) is 0. The van der Waals surface area contributed by atoms with Crippen molar-refractivity contribution < 1.29 is 14.5 Å². The average molecular weight is 260 g/mol. The summed E-state index contributed by atoms with van der Waals surface area (Å²) in [6.45, 7) is 0. The van der Waals surface area contributed by atoms with E-state index < -0.39 is 10.9 Å². The zero-order valence-electron chi connectivity index (χ0n) is 9.53. The first-order valence-electron chi connectivity index (χ1n) is 5.22. The molecule has 96 valence electrons. The second-order valence-corrected chi connectivity index (χ2v) is 3.56. The number of carbonyl (C=O) groups is 1. The Balaban J connectivity index is 2.26. The molecule has 0 spiro atoms. The Morgan fingerprint density at radius 1 is 1.21 bits per heavy atom. The molecule has 2 aromatic rings. The molecule has 0 amide bonds. The lowest BCUT2D eigenvalue weighted by molar-refractivity contribution is -0.385. The summed E-state index contributed by atoms with van der Waals surface area (Å²) >= 11 is 0. The third kappa shape index (κ3) is 2.83. The SMILES string of the molecule is O=C(Oc1ccccc1[N+](=O)[O-])c1ccc(=O)[nH]c1. The molecule has 0 aliphatic heterocycles. The van der Waals surface area contributed by atoms with Crippen LogP contribution >= 0.6 is 0 Å². The van der Waals surface area contributed by atoms with Crippen LogP contribution in [0.3, 0.4) is 0 Å². The van der Waals surface area contributed by atoms with Gasteiger partial charge in [-0.15, -0.1) is 0 Å². The summed E-state index contributed by atoms with van der Waals surface area (Å²) in [5.74, 6) is -0.936. The van der Waals surface area contributed by atoms with Crippen molar-refractivity contribution in [2.45, 2.75) is 0 Å². The van der Waals surface area contributed by atoms with Crippen molar-refractivity contribution in [2.75, 3.05) is 0 Å². The average Bonchev–Trinajstić information content (AvgIpc) is 2.39. The Bertz CT molecular complexity index is 672. The maximum absolute atomic E-state index is 11.7. The highest BCUT2D eigenvalue weighted by molar-refractivity contribution is 5.91. The van der Waals surface area contributed by atoms with Crippen LogP contribution in [0.15, 0.2) is 47.4 Å². The molecule has 7 nitrogen and oxygen atoms in total. The van der Waals surface area contributed by atoms with Crippen LogP contribution < -0.4 is 10.3 Å². The molecule has 0 fully saturated rings. The molecular formula is C12H8N2O5. The number of carbonyl (C=O) groups excluding carboxylic acids is 1. The molecule has 0 bridgehead atoms. The number of nitro groups is 1. The van der Waals surface area contributed by atoms with Crippen LogP contribution in [-0.2, 0) is 0 Å². The van der Waals surface area contributed by atoms with Gasteiger partial charge in [0.1, 0.15) is 0 Å². The van der Waals surface area contributed by atoms with Gasteiger partial charge in [-0.25, -0.2) is 4.79 Å². The minimum absolute atomic E-state index is 0.0951. The highest BCUT2D eigenvalue weighted by Gasteiger charge is 2.17. The summed E-state index contributed by atoms with van der Waals surface area (Å²) in [6.07, 6.45) is 1.18. The quantitative estimate of drug-likeness (QED) is 0.390. The number of nitrogens with zero attached hydrogens (tertiary/aromatic N) is 1.